The fourth-order valence-electron chi connectivity index (χ4n) is 1.96. The number of hydrogen-bond donors (Lipinski definition) is 2. The molecule has 0 aliphatic carbocycles. The third-order valence-electron chi connectivity index (χ3n) is 2.91. The molecule has 0 aliphatic rings. The van der Waals surface area contributed by atoms with Crippen LogP contribution < -0.4 is 10.9 Å². The summed E-state index contributed by atoms with van der Waals surface area (Å²) in [6.07, 6.45) is 2.79. The minimum absolute atomic E-state index is 0.183. The van der Waals surface area contributed by atoms with E-state index in [1.807, 2.05) is 0 Å². The Bertz CT molecular complexity index is 796. The monoisotopic (exact) mass is 257 g/mol. The van der Waals surface area contributed by atoms with Crippen LogP contribution >= 0.6 is 0 Å². The average molecular weight is 257 g/mol. The highest BCUT2D eigenvalue weighted by atomic mass is 16.3. The Kier molecular flexibility index (Phi) is 2.49. The van der Waals surface area contributed by atoms with E-state index in [9.17, 15) is 9.59 Å². The van der Waals surface area contributed by atoms with Gasteiger partial charge in [-0.25, -0.2) is 0 Å². The number of H-pyrrole nitrogens is 1. The van der Waals surface area contributed by atoms with Crippen LogP contribution in [-0.4, -0.2) is 15.7 Å². The van der Waals surface area contributed by atoms with Gasteiger partial charge in [-0.1, -0.05) is 0 Å². The summed E-state index contributed by atoms with van der Waals surface area (Å²) in [7, 11) is 1.76. The zero-order valence-corrected chi connectivity index (χ0v) is 10.1. The molecule has 0 atom stereocenters. The lowest BCUT2D eigenvalue weighted by Gasteiger charge is -2.03. The second kappa shape index (κ2) is 4.16. The summed E-state index contributed by atoms with van der Waals surface area (Å²) < 4.78 is 6.49. The van der Waals surface area contributed by atoms with Gasteiger partial charge in [0.05, 0.1) is 22.7 Å². The Morgan fingerprint density at radius 1 is 1.37 bits per heavy atom. The van der Waals surface area contributed by atoms with E-state index in [-0.39, 0.29) is 11.5 Å². The van der Waals surface area contributed by atoms with Crippen LogP contribution in [0.1, 0.15) is 10.4 Å². The minimum Gasteiger partial charge on any atom is -0.472 e. The smallest absolute Gasteiger partial charge is 0.272 e. The maximum absolute atomic E-state index is 11.8. The molecule has 0 fully saturated rings. The van der Waals surface area contributed by atoms with E-state index < -0.39 is 0 Å². The van der Waals surface area contributed by atoms with Gasteiger partial charge in [-0.3, -0.25) is 19.4 Å². The molecule has 6 nitrogen and oxygen atoms in total. The molecule has 3 aromatic rings. The molecule has 0 unspecified atom stereocenters. The van der Waals surface area contributed by atoms with E-state index in [0.717, 1.165) is 5.52 Å². The lowest BCUT2D eigenvalue weighted by molar-refractivity contribution is 0.102. The fourth-order valence-corrected chi connectivity index (χ4v) is 1.96. The molecule has 2 heterocycles. The summed E-state index contributed by atoms with van der Waals surface area (Å²) >= 11 is 0. The second-order valence-electron chi connectivity index (χ2n) is 4.20. The third kappa shape index (κ3) is 1.93. The Morgan fingerprint density at radius 2 is 2.21 bits per heavy atom. The predicted molar refractivity (Wildman–Crippen MR) is 70.2 cm³/mol. The van der Waals surface area contributed by atoms with Crippen LogP contribution in [0.25, 0.3) is 10.9 Å². The van der Waals surface area contributed by atoms with Crippen molar-refractivity contribution in [3.63, 3.8) is 0 Å². The number of amides is 1. The van der Waals surface area contributed by atoms with Crippen LogP contribution in [0.4, 0.5) is 5.69 Å². The number of nitrogens with one attached hydrogen (secondary N) is 2. The van der Waals surface area contributed by atoms with Crippen LogP contribution in [0.3, 0.4) is 0 Å². The van der Waals surface area contributed by atoms with Crippen molar-refractivity contribution >= 4 is 22.5 Å². The number of carbonyl (C=O) groups excluding carboxylic acids is 1. The number of aromatic amines is 1. The molecule has 6 heteroatoms. The van der Waals surface area contributed by atoms with Crippen LogP contribution in [0, 0.1) is 0 Å². The molecule has 19 heavy (non-hydrogen) atoms. The van der Waals surface area contributed by atoms with Crippen molar-refractivity contribution in [3.8, 4) is 0 Å². The summed E-state index contributed by atoms with van der Waals surface area (Å²) in [6, 6.07) is 6.74. The van der Waals surface area contributed by atoms with Gasteiger partial charge in [0.1, 0.15) is 6.26 Å². The zero-order valence-electron chi connectivity index (χ0n) is 10.1. The number of aromatic nitrogens is 2. The van der Waals surface area contributed by atoms with E-state index in [1.165, 1.54) is 12.5 Å². The standard InChI is InChI=1S/C13H11N3O3/c1-16-11-3-2-9(6-10(11)13(18)15-16)14-12(17)8-4-5-19-7-8/h2-7H,1H3,(H,14,17)(H,15,18). The molecule has 0 saturated heterocycles. The first-order valence-corrected chi connectivity index (χ1v) is 5.67. The Hall–Kier alpha value is -2.76. The summed E-state index contributed by atoms with van der Waals surface area (Å²) in [5.41, 5.74) is 1.60. The Balaban J connectivity index is 1.96. The fraction of sp³-hybridized carbons (Fsp3) is 0.0769. The first-order chi connectivity index (χ1) is 9.15. The van der Waals surface area contributed by atoms with E-state index in [2.05, 4.69) is 10.4 Å². The first kappa shape index (κ1) is 11.3. The van der Waals surface area contributed by atoms with E-state index in [0.29, 0.717) is 16.6 Å². The summed E-state index contributed by atoms with van der Waals surface area (Å²) in [6.45, 7) is 0. The van der Waals surface area contributed by atoms with Gasteiger partial charge in [0, 0.05) is 12.7 Å². The number of fused-ring (bicyclic) bond motifs is 1. The highest BCUT2D eigenvalue weighted by Gasteiger charge is 2.09. The van der Waals surface area contributed by atoms with Gasteiger partial charge in [-0.05, 0) is 24.3 Å². The third-order valence-corrected chi connectivity index (χ3v) is 2.91. The van der Waals surface area contributed by atoms with E-state index in [4.69, 9.17) is 4.42 Å². The largest absolute Gasteiger partial charge is 0.472 e. The van der Waals surface area contributed by atoms with Gasteiger partial charge in [0.15, 0.2) is 0 Å². The predicted octanol–water partition coefficient (Wildman–Crippen LogP) is 1.71. The number of anilines is 1. The Morgan fingerprint density at radius 3 is 2.95 bits per heavy atom. The molecule has 0 bridgehead atoms. The Labute approximate surface area is 107 Å². The van der Waals surface area contributed by atoms with Crippen molar-refractivity contribution in [2.45, 2.75) is 0 Å². The topological polar surface area (TPSA) is 80.0 Å². The maximum atomic E-state index is 11.8. The SMILES string of the molecule is Cn1[nH]c(=O)c2cc(NC(=O)c3ccoc3)ccc21. The quantitative estimate of drug-likeness (QED) is 0.733. The molecule has 0 aliphatic heterocycles. The van der Waals surface area contributed by atoms with Crippen LogP contribution in [-0.2, 0) is 7.05 Å². The normalized spacial score (nSPS) is 10.8. The molecule has 1 aromatic carbocycles. The molecule has 0 radical (unpaired) electrons. The molecule has 0 saturated carbocycles. The number of nitrogens with zero attached hydrogens (tertiary/aromatic N) is 1. The van der Waals surface area contributed by atoms with E-state index >= 15 is 0 Å². The molecular weight excluding hydrogens is 246 g/mol. The molecule has 1 amide bonds. The van der Waals surface area contributed by atoms with Gasteiger partial charge in [-0.2, -0.15) is 0 Å². The number of carbonyl (C=O) groups is 1. The van der Waals surface area contributed by atoms with Gasteiger partial charge in [0.25, 0.3) is 11.5 Å². The van der Waals surface area contributed by atoms with Crippen LogP contribution in [0.2, 0.25) is 0 Å². The molecule has 96 valence electrons. The molecular formula is C13H11N3O3. The van der Waals surface area contributed by atoms with Crippen molar-refractivity contribution in [2.24, 2.45) is 7.05 Å². The molecule has 2 aromatic heterocycles. The van der Waals surface area contributed by atoms with Crippen molar-refractivity contribution in [1.29, 1.82) is 0 Å². The summed E-state index contributed by atoms with van der Waals surface area (Å²) in [5.74, 6) is -0.277. The molecule has 0 spiro atoms. The number of aryl methyl sites for hydroxylation is 1. The highest BCUT2D eigenvalue weighted by Crippen LogP contribution is 2.16. The lowest BCUT2D eigenvalue weighted by atomic mass is 10.2. The number of benzene rings is 1. The van der Waals surface area contributed by atoms with Gasteiger partial charge in [-0.15, -0.1) is 0 Å². The maximum Gasteiger partial charge on any atom is 0.272 e. The van der Waals surface area contributed by atoms with Gasteiger partial charge < -0.3 is 9.73 Å². The highest BCUT2D eigenvalue weighted by molar-refractivity contribution is 6.04. The summed E-state index contributed by atoms with van der Waals surface area (Å²) in [5, 5.41) is 5.90. The van der Waals surface area contributed by atoms with Crippen molar-refractivity contribution < 1.29 is 9.21 Å². The molecule has 2 N–H and O–H groups in total. The summed E-state index contributed by atoms with van der Waals surface area (Å²) in [4.78, 5) is 23.5. The van der Waals surface area contributed by atoms with Crippen molar-refractivity contribution in [2.75, 3.05) is 5.32 Å². The molecule has 3 rings (SSSR count). The minimum atomic E-state index is -0.277. The first-order valence-electron chi connectivity index (χ1n) is 5.67. The number of hydrogen-bond acceptors (Lipinski definition) is 3. The van der Waals surface area contributed by atoms with Crippen molar-refractivity contribution in [3.05, 3.63) is 52.7 Å². The van der Waals surface area contributed by atoms with Crippen LogP contribution in [0.5, 0.6) is 0 Å². The average Bonchev–Trinajstić information content (AvgIpc) is 2.99. The lowest BCUT2D eigenvalue weighted by Crippen LogP contribution is -2.10. The van der Waals surface area contributed by atoms with E-state index in [1.54, 1.807) is 36.0 Å². The van der Waals surface area contributed by atoms with Gasteiger partial charge in [0.2, 0.25) is 0 Å². The van der Waals surface area contributed by atoms with Gasteiger partial charge >= 0.3 is 0 Å². The van der Waals surface area contributed by atoms with Crippen LogP contribution in [0.15, 0.2) is 46.0 Å². The number of rotatable bonds is 2. The van der Waals surface area contributed by atoms with Crippen molar-refractivity contribution in [1.82, 2.24) is 9.78 Å². The zero-order chi connectivity index (χ0) is 13.4. The second-order valence-corrected chi connectivity index (χ2v) is 4.20. The number of furan rings is 1.